The van der Waals surface area contributed by atoms with Crippen LogP contribution in [0, 0.1) is 5.82 Å². The standard InChI is InChI=1S/C18H21F4N5.HI/c1-23-17(26-10-8-13-4-6-14(19)7-5-13)27-12-11-25-16-15(18(20,21)22)3-2-9-24-16;/h2-7,9H,8,10-12H2,1H3,(H,24,25)(H2,23,26,27);1H. The number of nitrogens with one attached hydrogen (secondary N) is 3. The van der Waals surface area contributed by atoms with Crippen LogP contribution in [0.2, 0.25) is 0 Å². The SMILES string of the molecule is CN=C(NCCNc1ncccc1C(F)(F)F)NCCc1ccc(F)cc1.I. The highest BCUT2D eigenvalue weighted by molar-refractivity contribution is 14.0. The Morgan fingerprint density at radius 2 is 1.71 bits per heavy atom. The zero-order valence-corrected chi connectivity index (χ0v) is 17.5. The fourth-order valence-electron chi connectivity index (χ4n) is 2.33. The van der Waals surface area contributed by atoms with E-state index >= 15 is 0 Å². The third-order valence-electron chi connectivity index (χ3n) is 3.67. The monoisotopic (exact) mass is 511 g/mol. The van der Waals surface area contributed by atoms with E-state index < -0.39 is 11.7 Å². The van der Waals surface area contributed by atoms with Crippen LogP contribution < -0.4 is 16.0 Å². The molecule has 0 radical (unpaired) electrons. The van der Waals surface area contributed by atoms with E-state index in [2.05, 4.69) is 25.9 Å². The van der Waals surface area contributed by atoms with E-state index in [-0.39, 0.29) is 42.2 Å². The molecular weight excluding hydrogens is 489 g/mol. The number of pyridine rings is 1. The van der Waals surface area contributed by atoms with Gasteiger partial charge in [-0.25, -0.2) is 9.37 Å². The molecule has 10 heteroatoms. The summed E-state index contributed by atoms with van der Waals surface area (Å²) in [7, 11) is 1.60. The van der Waals surface area contributed by atoms with Crippen LogP contribution in [0.15, 0.2) is 47.6 Å². The summed E-state index contributed by atoms with van der Waals surface area (Å²) in [5.74, 6) is 0.0419. The summed E-state index contributed by atoms with van der Waals surface area (Å²) in [6, 6.07) is 8.46. The van der Waals surface area contributed by atoms with Crippen LogP contribution >= 0.6 is 24.0 Å². The molecule has 0 fully saturated rings. The molecule has 0 atom stereocenters. The second-order valence-corrected chi connectivity index (χ2v) is 5.63. The Hall–Kier alpha value is -2.11. The number of hydrogen-bond donors (Lipinski definition) is 3. The van der Waals surface area contributed by atoms with Gasteiger partial charge in [0.1, 0.15) is 11.6 Å². The summed E-state index contributed by atoms with van der Waals surface area (Å²) < 4.78 is 51.5. The maximum Gasteiger partial charge on any atom is 0.419 e. The van der Waals surface area contributed by atoms with Crippen LogP contribution in [0.1, 0.15) is 11.1 Å². The Morgan fingerprint density at radius 1 is 1.04 bits per heavy atom. The number of alkyl halides is 3. The second-order valence-electron chi connectivity index (χ2n) is 5.63. The fourth-order valence-corrected chi connectivity index (χ4v) is 2.33. The van der Waals surface area contributed by atoms with Crippen molar-refractivity contribution in [1.82, 2.24) is 15.6 Å². The van der Waals surface area contributed by atoms with E-state index in [1.54, 1.807) is 19.2 Å². The number of aromatic nitrogens is 1. The van der Waals surface area contributed by atoms with Crippen molar-refractivity contribution < 1.29 is 17.6 Å². The van der Waals surface area contributed by atoms with Crippen molar-refractivity contribution in [2.24, 2.45) is 4.99 Å². The Bertz CT molecular complexity index is 750. The van der Waals surface area contributed by atoms with Gasteiger partial charge in [-0.1, -0.05) is 12.1 Å². The molecule has 0 amide bonds. The fraction of sp³-hybridized carbons (Fsp3) is 0.333. The maximum atomic E-state index is 12.9. The van der Waals surface area contributed by atoms with Crippen molar-refractivity contribution in [1.29, 1.82) is 0 Å². The Morgan fingerprint density at radius 3 is 2.36 bits per heavy atom. The van der Waals surface area contributed by atoms with Gasteiger partial charge in [0.15, 0.2) is 5.96 Å². The first kappa shape index (κ1) is 23.9. The van der Waals surface area contributed by atoms with Crippen LogP contribution in [0.3, 0.4) is 0 Å². The lowest BCUT2D eigenvalue weighted by Gasteiger charge is -2.15. The van der Waals surface area contributed by atoms with Gasteiger partial charge in [-0.15, -0.1) is 24.0 Å². The van der Waals surface area contributed by atoms with Gasteiger partial charge >= 0.3 is 6.18 Å². The molecule has 0 aliphatic rings. The summed E-state index contributed by atoms with van der Waals surface area (Å²) in [6.07, 6.45) is -2.47. The first-order chi connectivity index (χ1) is 12.9. The number of anilines is 1. The van der Waals surface area contributed by atoms with Crippen molar-refractivity contribution >= 4 is 35.8 Å². The molecule has 0 saturated carbocycles. The van der Waals surface area contributed by atoms with Gasteiger partial charge in [0, 0.05) is 32.9 Å². The molecule has 0 aliphatic heterocycles. The highest BCUT2D eigenvalue weighted by Crippen LogP contribution is 2.33. The molecule has 1 aromatic heterocycles. The number of hydrogen-bond acceptors (Lipinski definition) is 3. The number of aliphatic imine (C=N–C) groups is 1. The minimum absolute atomic E-state index is 0. The van der Waals surface area contributed by atoms with Crippen LogP contribution in [-0.4, -0.2) is 37.6 Å². The van der Waals surface area contributed by atoms with Crippen molar-refractivity contribution in [2.45, 2.75) is 12.6 Å². The van der Waals surface area contributed by atoms with Crippen LogP contribution in [0.25, 0.3) is 0 Å². The molecule has 154 valence electrons. The maximum absolute atomic E-state index is 12.9. The molecule has 2 aromatic rings. The molecule has 0 spiro atoms. The van der Waals surface area contributed by atoms with E-state index in [0.717, 1.165) is 11.6 Å². The normalized spacial score (nSPS) is 11.5. The molecule has 1 heterocycles. The topological polar surface area (TPSA) is 61.3 Å². The average molecular weight is 511 g/mol. The van der Waals surface area contributed by atoms with Gasteiger partial charge in [-0.05, 0) is 36.2 Å². The minimum Gasteiger partial charge on any atom is -0.368 e. The molecule has 0 bridgehead atoms. The van der Waals surface area contributed by atoms with Gasteiger partial charge in [0.2, 0.25) is 0 Å². The number of rotatable bonds is 7. The van der Waals surface area contributed by atoms with E-state index in [0.29, 0.717) is 25.5 Å². The smallest absolute Gasteiger partial charge is 0.368 e. The lowest BCUT2D eigenvalue weighted by molar-refractivity contribution is -0.137. The largest absolute Gasteiger partial charge is 0.419 e. The minimum atomic E-state index is -4.46. The predicted molar refractivity (Wildman–Crippen MR) is 113 cm³/mol. The second kappa shape index (κ2) is 11.7. The quantitative estimate of drug-likeness (QED) is 0.175. The van der Waals surface area contributed by atoms with Crippen molar-refractivity contribution in [3.05, 3.63) is 59.5 Å². The Balaban J connectivity index is 0.00000392. The van der Waals surface area contributed by atoms with Crippen LogP contribution in [0.5, 0.6) is 0 Å². The first-order valence-electron chi connectivity index (χ1n) is 8.35. The molecule has 1 aromatic carbocycles. The van der Waals surface area contributed by atoms with E-state index in [1.165, 1.54) is 24.4 Å². The van der Waals surface area contributed by atoms with Crippen LogP contribution in [-0.2, 0) is 12.6 Å². The Labute approximate surface area is 178 Å². The highest BCUT2D eigenvalue weighted by atomic mass is 127. The number of benzene rings is 1. The van der Waals surface area contributed by atoms with Gasteiger partial charge in [-0.3, -0.25) is 4.99 Å². The zero-order valence-electron chi connectivity index (χ0n) is 15.2. The number of halogens is 5. The lowest BCUT2D eigenvalue weighted by atomic mass is 10.1. The van der Waals surface area contributed by atoms with Crippen molar-refractivity contribution in [3.63, 3.8) is 0 Å². The molecule has 5 nitrogen and oxygen atoms in total. The van der Waals surface area contributed by atoms with Crippen molar-refractivity contribution in [3.8, 4) is 0 Å². The van der Waals surface area contributed by atoms with Crippen LogP contribution in [0.4, 0.5) is 23.4 Å². The summed E-state index contributed by atoms with van der Waals surface area (Å²) in [5.41, 5.74) is 0.183. The third kappa shape index (κ3) is 7.87. The number of guanidine groups is 1. The number of nitrogens with zero attached hydrogens (tertiary/aromatic N) is 2. The van der Waals surface area contributed by atoms with E-state index in [4.69, 9.17) is 0 Å². The molecule has 0 aliphatic carbocycles. The highest BCUT2D eigenvalue weighted by Gasteiger charge is 2.33. The molecule has 28 heavy (non-hydrogen) atoms. The third-order valence-corrected chi connectivity index (χ3v) is 3.67. The van der Waals surface area contributed by atoms with Gasteiger partial charge in [0.25, 0.3) is 0 Å². The molecule has 0 unspecified atom stereocenters. The van der Waals surface area contributed by atoms with E-state index in [9.17, 15) is 17.6 Å². The molecule has 3 N–H and O–H groups in total. The van der Waals surface area contributed by atoms with Gasteiger partial charge < -0.3 is 16.0 Å². The molecule has 0 saturated heterocycles. The van der Waals surface area contributed by atoms with E-state index in [1.807, 2.05) is 0 Å². The first-order valence-corrected chi connectivity index (χ1v) is 8.35. The summed E-state index contributed by atoms with van der Waals surface area (Å²) in [4.78, 5) is 7.79. The van der Waals surface area contributed by atoms with Crippen molar-refractivity contribution in [2.75, 3.05) is 32.0 Å². The molecular formula is C18H22F4IN5. The summed E-state index contributed by atoms with van der Waals surface area (Å²) in [5, 5.41) is 8.76. The zero-order chi connectivity index (χ0) is 19.7. The summed E-state index contributed by atoms with van der Waals surface area (Å²) in [6.45, 7) is 1.17. The van der Waals surface area contributed by atoms with Gasteiger partial charge in [0.05, 0.1) is 5.56 Å². The summed E-state index contributed by atoms with van der Waals surface area (Å²) >= 11 is 0. The molecule has 2 rings (SSSR count). The average Bonchev–Trinajstić information content (AvgIpc) is 2.64. The lowest BCUT2D eigenvalue weighted by Crippen LogP contribution is -2.40. The Kier molecular flexibility index (Phi) is 9.97. The predicted octanol–water partition coefficient (Wildman–Crippen LogP) is 3.68. The van der Waals surface area contributed by atoms with Gasteiger partial charge in [-0.2, -0.15) is 13.2 Å².